The highest BCUT2D eigenvalue weighted by Gasteiger charge is 2.19. The zero-order chi connectivity index (χ0) is 16.4. The third-order valence-corrected chi connectivity index (χ3v) is 4.73. The molecule has 0 aliphatic carbocycles. The van der Waals surface area contributed by atoms with E-state index in [4.69, 9.17) is 20.5 Å². The van der Waals surface area contributed by atoms with E-state index in [1.807, 2.05) is 0 Å². The summed E-state index contributed by atoms with van der Waals surface area (Å²) in [4.78, 5) is 4.20. The molecule has 2 heterocycles. The number of aromatic nitrogens is 2. The molecule has 23 heavy (non-hydrogen) atoms. The van der Waals surface area contributed by atoms with E-state index in [2.05, 4.69) is 10.1 Å². The van der Waals surface area contributed by atoms with Gasteiger partial charge in [-0.2, -0.15) is 0 Å². The lowest BCUT2D eigenvalue weighted by atomic mass is 10.2. The molecule has 0 bridgehead atoms. The Kier molecular flexibility index (Phi) is 4.23. The average molecular weight is 353 g/mol. The van der Waals surface area contributed by atoms with Gasteiger partial charge in [-0.15, -0.1) is 0 Å². The lowest BCUT2D eigenvalue weighted by molar-refractivity contribution is 0.388. The van der Waals surface area contributed by atoms with E-state index in [-0.39, 0.29) is 11.5 Å². The highest BCUT2D eigenvalue weighted by molar-refractivity contribution is 7.89. The summed E-state index contributed by atoms with van der Waals surface area (Å²) in [6, 6.07) is 8.58. The second-order valence-corrected chi connectivity index (χ2v) is 7.62. The summed E-state index contributed by atoms with van der Waals surface area (Å²) in [6.07, 6.45) is 1.33. The van der Waals surface area contributed by atoms with Crippen molar-refractivity contribution in [1.82, 2.24) is 10.1 Å². The van der Waals surface area contributed by atoms with Crippen molar-refractivity contribution in [3.05, 3.63) is 58.8 Å². The lowest BCUT2D eigenvalue weighted by Gasteiger charge is -1.98. The number of aryl methyl sites for hydroxylation is 1. The van der Waals surface area contributed by atoms with Crippen LogP contribution in [0.5, 0.6) is 0 Å². The van der Waals surface area contributed by atoms with Gasteiger partial charge in [-0.1, -0.05) is 22.8 Å². The van der Waals surface area contributed by atoms with Gasteiger partial charge in [0.15, 0.2) is 15.6 Å². The molecule has 0 radical (unpaired) electrons. The van der Waals surface area contributed by atoms with Gasteiger partial charge in [0, 0.05) is 16.7 Å². The van der Waals surface area contributed by atoms with E-state index in [1.54, 1.807) is 37.3 Å². The lowest BCUT2D eigenvalue weighted by Crippen LogP contribution is -2.07. The first-order valence-corrected chi connectivity index (χ1v) is 8.94. The van der Waals surface area contributed by atoms with Crippen molar-refractivity contribution in [3.8, 4) is 11.5 Å². The standard InChI is InChI=1S/C15H13ClN2O4S/c1-10-5-14(22-18-10)9-23(19,20)8-13-7-21-15(17-13)11-3-2-4-12(16)6-11/h2-7H,8-9H2,1H3. The molecule has 0 spiro atoms. The number of rotatable bonds is 5. The molecule has 0 atom stereocenters. The predicted octanol–water partition coefficient (Wildman–Crippen LogP) is 3.41. The van der Waals surface area contributed by atoms with Crippen LogP contribution in [0.4, 0.5) is 0 Å². The summed E-state index contributed by atoms with van der Waals surface area (Å²) in [6.45, 7) is 1.73. The van der Waals surface area contributed by atoms with Gasteiger partial charge < -0.3 is 8.94 Å². The molecule has 8 heteroatoms. The third kappa shape index (κ3) is 4.00. The van der Waals surface area contributed by atoms with Gasteiger partial charge in [-0.05, 0) is 25.1 Å². The molecule has 120 valence electrons. The Hall–Kier alpha value is -2.12. The maximum Gasteiger partial charge on any atom is 0.226 e. The summed E-state index contributed by atoms with van der Waals surface area (Å²) in [5.74, 6) is 0.165. The van der Waals surface area contributed by atoms with Crippen LogP contribution >= 0.6 is 11.6 Å². The Morgan fingerprint density at radius 3 is 2.74 bits per heavy atom. The maximum atomic E-state index is 12.2. The van der Waals surface area contributed by atoms with Gasteiger partial charge in [0.1, 0.15) is 12.0 Å². The molecule has 0 aliphatic heterocycles. The van der Waals surface area contributed by atoms with Gasteiger partial charge in [-0.25, -0.2) is 13.4 Å². The fourth-order valence-electron chi connectivity index (χ4n) is 2.10. The Morgan fingerprint density at radius 1 is 1.22 bits per heavy atom. The number of oxazole rings is 1. The van der Waals surface area contributed by atoms with E-state index >= 15 is 0 Å². The number of hydrogen-bond donors (Lipinski definition) is 0. The highest BCUT2D eigenvalue weighted by Crippen LogP contribution is 2.23. The van der Waals surface area contributed by atoms with E-state index in [1.165, 1.54) is 6.26 Å². The minimum Gasteiger partial charge on any atom is -0.444 e. The molecule has 0 saturated heterocycles. The van der Waals surface area contributed by atoms with Crippen molar-refractivity contribution in [2.45, 2.75) is 18.4 Å². The highest BCUT2D eigenvalue weighted by atomic mass is 35.5. The second kappa shape index (κ2) is 6.17. The third-order valence-electron chi connectivity index (χ3n) is 3.03. The van der Waals surface area contributed by atoms with Gasteiger partial charge in [0.2, 0.25) is 5.89 Å². The Morgan fingerprint density at radius 2 is 2.04 bits per heavy atom. The van der Waals surface area contributed by atoms with Crippen LogP contribution in [0.2, 0.25) is 5.02 Å². The summed E-state index contributed by atoms with van der Waals surface area (Å²) < 4.78 is 34.6. The first kappa shape index (κ1) is 15.8. The fourth-order valence-corrected chi connectivity index (χ4v) is 3.55. The molecule has 3 rings (SSSR count). The Bertz CT molecular complexity index is 930. The first-order chi connectivity index (χ1) is 10.9. The fraction of sp³-hybridized carbons (Fsp3) is 0.200. The van der Waals surface area contributed by atoms with Crippen molar-refractivity contribution in [1.29, 1.82) is 0 Å². The zero-order valence-electron chi connectivity index (χ0n) is 12.2. The van der Waals surface area contributed by atoms with E-state index in [9.17, 15) is 8.42 Å². The number of halogens is 1. The van der Waals surface area contributed by atoms with Gasteiger partial charge in [-0.3, -0.25) is 0 Å². The van der Waals surface area contributed by atoms with Crippen molar-refractivity contribution in [3.63, 3.8) is 0 Å². The van der Waals surface area contributed by atoms with Crippen LogP contribution < -0.4 is 0 Å². The van der Waals surface area contributed by atoms with Gasteiger partial charge >= 0.3 is 0 Å². The van der Waals surface area contributed by atoms with Crippen molar-refractivity contribution in [2.24, 2.45) is 0 Å². The smallest absolute Gasteiger partial charge is 0.226 e. The first-order valence-electron chi connectivity index (χ1n) is 6.74. The number of benzene rings is 1. The number of nitrogens with zero attached hydrogens (tertiary/aromatic N) is 2. The van der Waals surface area contributed by atoms with Crippen molar-refractivity contribution in [2.75, 3.05) is 0 Å². The molecule has 3 aromatic rings. The van der Waals surface area contributed by atoms with Crippen LogP contribution in [0.25, 0.3) is 11.5 Å². The van der Waals surface area contributed by atoms with Gasteiger partial charge in [0.25, 0.3) is 0 Å². The normalized spacial score (nSPS) is 11.7. The molecule has 6 nitrogen and oxygen atoms in total. The molecule has 0 fully saturated rings. The molecule has 0 saturated carbocycles. The summed E-state index contributed by atoms with van der Waals surface area (Å²) in [5, 5.41) is 4.23. The Labute approximate surface area is 138 Å². The van der Waals surface area contributed by atoms with Crippen molar-refractivity contribution >= 4 is 21.4 Å². The summed E-state index contributed by atoms with van der Waals surface area (Å²) >= 11 is 5.92. The largest absolute Gasteiger partial charge is 0.444 e. The molecule has 0 unspecified atom stereocenters. The maximum absolute atomic E-state index is 12.2. The Balaban J connectivity index is 1.75. The topological polar surface area (TPSA) is 86.2 Å². The minimum atomic E-state index is -3.43. The molecular weight excluding hydrogens is 340 g/mol. The van der Waals surface area contributed by atoms with E-state index in [0.717, 1.165) is 0 Å². The predicted molar refractivity (Wildman–Crippen MR) is 84.5 cm³/mol. The number of sulfone groups is 1. The molecule has 0 amide bonds. The molecular formula is C15H13ClN2O4S. The number of hydrogen-bond acceptors (Lipinski definition) is 6. The molecule has 1 aromatic carbocycles. The van der Waals surface area contributed by atoms with Crippen LogP contribution in [-0.2, 0) is 21.3 Å². The minimum absolute atomic E-state index is 0.229. The van der Waals surface area contributed by atoms with Crippen LogP contribution in [-0.4, -0.2) is 18.6 Å². The van der Waals surface area contributed by atoms with Crippen LogP contribution in [0.15, 0.2) is 45.5 Å². The summed E-state index contributed by atoms with van der Waals surface area (Å²) in [7, 11) is -3.43. The van der Waals surface area contributed by atoms with Crippen LogP contribution in [0, 0.1) is 6.92 Å². The van der Waals surface area contributed by atoms with Gasteiger partial charge in [0.05, 0.1) is 17.1 Å². The second-order valence-electron chi connectivity index (χ2n) is 5.12. The quantitative estimate of drug-likeness (QED) is 0.699. The van der Waals surface area contributed by atoms with Crippen molar-refractivity contribution < 1.29 is 17.4 Å². The molecule has 0 N–H and O–H groups in total. The molecule has 2 aromatic heterocycles. The average Bonchev–Trinajstić information content (AvgIpc) is 3.07. The van der Waals surface area contributed by atoms with E-state index in [0.29, 0.717) is 33.6 Å². The SMILES string of the molecule is Cc1cc(CS(=O)(=O)Cc2coc(-c3cccc(Cl)c3)n2)on1. The van der Waals surface area contributed by atoms with Crippen LogP contribution in [0.3, 0.4) is 0 Å². The monoisotopic (exact) mass is 352 g/mol. The summed E-state index contributed by atoms with van der Waals surface area (Å²) in [5.41, 5.74) is 1.66. The van der Waals surface area contributed by atoms with E-state index < -0.39 is 9.84 Å². The zero-order valence-corrected chi connectivity index (χ0v) is 13.8. The molecule has 0 aliphatic rings. The van der Waals surface area contributed by atoms with Crippen LogP contribution in [0.1, 0.15) is 17.1 Å².